The first kappa shape index (κ1) is 22.7. The molecule has 0 atom stereocenters. The van der Waals surface area contributed by atoms with Gasteiger partial charge in [0.1, 0.15) is 12.4 Å². The third kappa shape index (κ3) is 7.77. The summed E-state index contributed by atoms with van der Waals surface area (Å²) < 4.78 is 31.2. The Morgan fingerprint density at radius 3 is 2.21 bits per heavy atom. The summed E-state index contributed by atoms with van der Waals surface area (Å²) >= 11 is 0. The summed E-state index contributed by atoms with van der Waals surface area (Å²) in [4.78, 5) is 12.0. The van der Waals surface area contributed by atoms with Gasteiger partial charge >= 0.3 is 0 Å². The molecule has 1 amide bonds. The van der Waals surface area contributed by atoms with E-state index in [1.807, 2.05) is 45.0 Å². The number of amides is 1. The monoisotopic (exact) mass is 418 g/mol. The lowest BCUT2D eigenvalue weighted by molar-refractivity contribution is -0.121. The Balaban J connectivity index is 1.75. The van der Waals surface area contributed by atoms with Crippen molar-refractivity contribution in [2.45, 2.75) is 33.6 Å². The predicted octanol–water partition coefficient (Wildman–Crippen LogP) is 3.35. The molecule has 0 aliphatic rings. The van der Waals surface area contributed by atoms with Gasteiger partial charge in [-0.2, -0.15) is 0 Å². The Morgan fingerprint density at radius 2 is 1.62 bits per heavy atom. The Morgan fingerprint density at radius 1 is 1.00 bits per heavy atom. The first-order valence-electron chi connectivity index (χ1n) is 9.67. The van der Waals surface area contributed by atoms with Crippen LogP contribution in [0, 0.1) is 20.8 Å². The molecule has 0 radical (unpaired) electrons. The lowest BCUT2D eigenvalue weighted by atomic mass is 10.1. The van der Waals surface area contributed by atoms with E-state index in [0.29, 0.717) is 25.3 Å². The van der Waals surface area contributed by atoms with Crippen LogP contribution in [0.2, 0.25) is 0 Å². The van der Waals surface area contributed by atoms with E-state index in [-0.39, 0.29) is 18.9 Å². The fourth-order valence-electron chi connectivity index (χ4n) is 3.04. The molecule has 2 aromatic carbocycles. The molecular weight excluding hydrogens is 388 g/mol. The topological polar surface area (TPSA) is 75.7 Å². The van der Waals surface area contributed by atoms with Gasteiger partial charge in [-0.25, -0.2) is 8.42 Å². The predicted molar refractivity (Wildman–Crippen MR) is 117 cm³/mol. The van der Waals surface area contributed by atoms with Gasteiger partial charge in [-0.3, -0.25) is 9.10 Å². The first-order valence-corrected chi connectivity index (χ1v) is 11.5. The van der Waals surface area contributed by atoms with Crippen LogP contribution >= 0.6 is 0 Å². The minimum absolute atomic E-state index is 0.119. The highest BCUT2D eigenvalue weighted by Crippen LogP contribution is 2.19. The van der Waals surface area contributed by atoms with Crippen LogP contribution in [0.15, 0.2) is 42.5 Å². The normalized spacial score (nSPS) is 11.2. The summed E-state index contributed by atoms with van der Waals surface area (Å²) in [7, 11) is -3.41. The fourth-order valence-corrected chi connectivity index (χ4v) is 4.01. The van der Waals surface area contributed by atoms with Crippen molar-refractivity contribution in [3.8, 4) is 5.75 Å². The van der Waals surface area contributed by atoms with Crippen LogP contribution in [-0.4, -0.2) is 40.3 Å². The molecular formula is C22H30N2O4S. The Hall–Kier alpha value is -2.54. The van der Waals surface area contributed by atoms with E-state index in [2.05, 4.69) is 11.4 Å². The average molecular weight is 419 g/mol. The number of carbonyl (C=O) groups is 1. The molecule has 0 unspecified atom stereocenters. The van der Waals surface area contributed by atoms with Crippen LogP contribution in [0.4, 0.5) is 5.69 Å². The summed E-state index contributed by atoms with van der Waals surface area (Å²) in [6.45, 7) is 7.01. The Bertz CT molecular complexity index is 904. The van der Waals surface area contributed by atoms with Gasteiger partial charge in [-0.1, -0.05) is 23.8 Å². The third-order valence-corrected chi connectivity index (χ3v) is 5.57. The Labute approximate surface area is 173 Å². The molecule has 0 fully saturated rings. The van der Waals surface area contributed by atoms with Gasteiger partial charge in [-0.05, 0) is 62.6 Å². The van der Waals surface area contributed by atoms with Crippen molar-refractivity contribution < 1.29 is 17.9 Å². The van der Waals surface area contributed by atoms with Crippen molar-refractivity contribution in [3.05, 3.63) is 59.2 Å². The number of sulfonamides is 1. The largest absolute Gasteiger partial charge is 0.492 e. The van der Waals surface area contributed by atoms with E-state index in [4.69, 9.17) is 4.74 Å². The second-order valence-electron chi connectivity index (χ2n) is 7.30. The van der Waals surface area contributed by atoms with Gasteiger partial charge in [0.15, 0.2) is 0 Å². The molecule has 0 bridgehead atoms. The maximum atomic E-state index is 12.1. The van der Waals surface area contributed by atoms with Crippen LogP contribution < -0.4 is 14.4 Å². The number of carbonyl (C=O) groups excluding carboxylic acids is 1. The summed E-state index contributed by atoms with van der Waals surface area (Å²) in [5.74, 6) is 0.671. The molecule has 2 aromatic rings. The number of ether oxygens (including phenoxy) is 1. The van der Waals surface area contributed by atoms with E-state index < -0.39 is 10.0 Å². The summed E-state index contributed by atoms with van der Waals surface area (Å²) in [6.07, 6.45) is 1.86. The molecule has 0 spiro atoms. The molecule has 1 N–H and O–H groups in total. The Kier molecular flexibility index (Phi) is 8.08. The number of nitrogens with one attached hydrogen (secondary N) is 1. The van der Waals surface area contributed by atoms with Crippen molar-refractivity contribution in [1.29, 1.82) is 0 Å². The van der Waals surface area contributed by atoms with Crippen molar-refractivity contribution >= 4 is 21.6 Å². The second kappa shape index (κ2) is 10.3. The zero-order valence-corrected chi connectivity index (χ0v) is 18.4. The highest BCUT2D eigenvalue weighted by atomic mass is 32.2. The number of rotatable bonds is 10. The number of nitrogens with zero attached hydrogens (tertiary/aromatic N) is 1. The molecule has 0 saturated heterocycles. The number of anilines is 1. The van der Waals surface area contributed by atoms with Gasteiger partial charge < -0.3 is 10.1 Å². The zero-order chi connectivity index (χ0) is 21.4. The lowest BCUT2D eigenvalue weighted by Crippen LogP contribution is -2.32. The maximum absolute atomic E-state index is 12.1. The van der Waals surface area contributed by atoms with Crippen LogP contribution in [0.25, 0.3) is 0 Å². The fraction of sp³-hybridized carbons (Fsp3) is 0.409. The smallest absolute Gasteiger partial charge is 0.232 e. The molecule has 2 rings (SSSR count). The molecule has 158 valence electrons. The highest BCUT2D eigenvalue weighted by molar-refractivity contribution is 7.92. The number of aryl methyl sites for hydroxylation is 3. The molecule has 0 aromatic heterocycles. The SMILES string of the molecule is Cc1ccc(N(CCCC(=O)NCCOc2cc(C)cc(C)c2)S(C)(=O)=O)cc1. The number of benzene rings is 2. The van der Waals surface area contributed by atoms with E-state index in [1.54, 1.807) is 12.1 Å². The minimum Gasteiger partial charge on any atom is -0.492 e. The quantitative estimate of drug-likeness (QED) is 0.601. The van der Waals surface area contributed by atoms with Crippen LogP contribution in [0.3, 0.4) is 0 Å². The highest BCUT2D eigenvalue weighted by Gasteiger charge is 2.17. The molecule has 0 aliphatic heterocycles. The van der Waals surface area contributed by atoms with Gasteiger partial charge in [0, 0.05) is 13.0 Å². The number of hydrogen-bond donors (Lipinski definition) is 1. The van der Waals surface area contributed by atoms with Crippen LogP contribution in [0.5, 0.6) is 5.75 Å². The second-order valence-corrected chi connectivity index (χ2v) is 9.20. The molecule has 0 aliphatic carbocycles. The van der Waals surface area contributed by atoms with Crippen LogP contribution in [-0.2, 0) is 14.8 Å². The van der Waals surface area contributed by atoms with E-state index in [1.165, 1.54) is 10.6 Å². The van der Waals surface area contributed by atoms with Crippen molar-refractivity contribution in [2.24, 2.45) is 0 Å². The van der Waals surface area contributed by atoms with Gasteiger partial charge in [-0.15, -0.1) is 0 Å². The first-order chi connectivity index (χ1) is 13.6. The molecule has 0 heterocycles. The summed E-state index contributed by atoms with van der Waals surface area (Å²) in [5, 5.41) is 2.81. The lowest BCUT2D eigenvalue weighted by Gasteiger charge is -2.22. The third-order valence-electron chi connectivity index (χ3n) is 4.38. The molecule has 29 heavy (non-hydrogen) atoms. The van der Waals surface area contributed by atoms with E-state index in [0.717, 1.165) is 22.4 Å². The summed E-state index contributed by atoms with van der Waals surface area (Å²) in [5.41, 5.74) is 3.94. The van der Waals surface area contributed by atoms with E-state index in [9.17, 15) is 13.2 Å². The van der Waals surface area contributed by atoms with Gasteiger partial charge in [0.05, 0.1) is 18.5 Å². The van der Waals surface area contributed by atoms with Crippen molar-refractivity contribution in [1.82, 2.24) is 5.32 Å². The zero-order valence-electron chi connectivity index (χ0n) is 17.6. The minimum atomic E-state index is -3.41. The van der Waals surface area contributed by atoms with Crippen LogP contribution in [0.1, 0.15) is 29.5 Å². The van der Waals surface area contributed by atoms with Gasteiger partial charge in [0.25, 0.3) is 0 Å². The average Bonchev–Trinajstić information content (AvgIpc) is 2.62. The van der Waals surface area contributed by atoms with E-state index >= 15 is 0 Å². The summed E-state index contributed by atoms with van der Waals surface area (Å²) in [6, 6.07) is 13.3. The standard InChI is InChI=1S/C22H30N2O4S/c1-17-7-9-20(10-8-17)24(29(4,26)27)12-5-6-22(25)23-11-13-28-21-15-18(2)14-19(3)16-21/h7-10,14-16H,5-6,11-13H2,1-4H3,(H,23,25). The maximum Gasteiger partial charge on any atom is 0.232 e. The molecule has 0 saturated carbocycles. The van der Waals surface area contributed by atoms with Gasteiger partial charge in [0.2, 0.25) is 15.9 Å². The van der Waals surface area contributed by atoms with Crippen molar-refractivity contribution in [2.75, 3.05) is 30.3 Å². The molecule has 7 heteroatoms. The number of hydrogen-bond acceptors (Lipinski definition) is 4. The molecule has 6 nitrogen and oxygen atoms in total. The van der Waals surface area contributed by atoms with Crippen molar-refractivity contribution in [3.63, 3.8) is 0 Å².